The van der Waals surface area contributed by atoms with Crippen LogP contribution in [0.5, 0.6) is 5.88 Å². The number of benzene rings is 1. The van der Waals surface area contributed by atoms with E-state index in [0.29, 0.717) is 28.5 Å². The second-order valence-corrected chi connectivity index (χ2v) is 7.20. The van der Waals surface area contributed by atoms with Gasteiger partial charge in [-0.3, -0.25) is 4.79 Å². The van der Waals surface area contributed by atoms with Gasteiger partial charge in [0.2, 0.25) is 5.88 Å². The van der Waals surface area contributed by atoms with Crippen LogP contribution in [-0.2, 0) is 4.79 Å². The lowest BCUT2D eigenvalue weighted by Gasteiger charge is -2.16. The molecular weight excluding hydrogens is 356 g/mol. The zero-order valence-corrected chi connectivity index (χ0v) is 16.0. The van der Waals surface area contributed by atoms with Gasteiger partial charge in [0.05, 0.1) is 0 Å². The number of fused-ring (bicyclic) bond motifs is 1. The Morgan fingerprint density at radius 2 is 1.89 bits per heavy atom. The molecule has 1 aliphatic carbocycles. The number of ether oxygens (including phenoxy) is 1. The molecule has 0 aliphatic heterocycles. The van der Waals surface area contributed by atoms with Gasteiger partial charge >= 0.3 is 0 Å². The third kappa shape index (κ3) is 4.13. The normalized spacial score (nSPS) is 15.3. The molecule has 1 amide bonds. The Hall–Kier alpha value is -2.96. The van der Waals surface area contributed by atoms with Crippen molar-refractivity contribution in [1.82, 2.24) is 20.4 Å². The van der Waals surface area contributed by atoms with Crippen LogP contribution in [-0.4, -0.2) is 33.7 Å². The van der Waals surface area contributed by atoms with Crippen LogP contribution in [0.2, 0.25) is 0 Å². The number of amides is 1. The zero-order valence-electron chi connectivity index (χ0n) is 16.0. The van der Waals surface area contributed by atoms with Crippen LogP contribution in [0.3, 0.4) is 0 Å². The molecule has 1 aliphatic rings. The smallest absolute Gasteiger partial charge is 0.265 e. The predicted molar refractivity (Wildman–Crippen MR) is 105 cm³/mol. The van der Waals surface area contributed by atoms with Gasteiger partial charge in [0.25, 0.3) is 11.6 Å². The van der Waals surface area contributed by atoms with Crippen molar-refractivity contribution in [2.24, 2.45) is 0 Å². The van der Waals surface area contributed by atoms with Crippen molar-refractivity contribution in [3.8, 4) is 17.1 Å². The average molecular weight is 380 g/mol. The van der Waals surface area contributed by atoms with E-state index in [4.69, 9.17) is 9.26 Å². The molecular formula is C21H24N4O3. The van der Waals surface area contributed by atoms with E-state index >= 15 is 0 Å². The van der Waals surface area contributed by atoms with Crippen molar-refractivity contribution in [2.45, 2.75) is 51.5 Å². The molecule has 2 aromatic heterocycles. The Morgan fingerprint density at radius 1 is 1.14 bits per heavy atom. The number of nitrogens with zero attached hydrogens (tertiary/aromatic N) is 3. The third-order valence-corrected chi connectivity index (χ3v) is 5.02. The van der Waals surface area contributed by atoms with Crippen molar-refractivity contribution < 1.29 is 14.1 Å². The Kier molecular flexibility index (Phi) is 5.50. The maximum Gasteiger partial charge on any atom is 0.265 e. The molecule has 3 aromatic rings. The van der Waals surface area contributed by atoms with E-state index in [-0.39, 0.29) is 18.6 Å². The van der Waals surface area contributed by atoms with E-state index in [1.54, 1.807) is 6.92 Å². The summed E-state index contributed by atoms with van der Waals surface area (Å²) < 4.78 is 11.2. The second-order valence-electron chi connectivity index (χ2n) is 7.20. The Balaban J connectivity index is 1.53. The largest absolute Gasteiger partial charge is 0.467 e. The van der Waals surface area contributed by atoms with Crippen molar-refractivity contribution in [2.75, 3.05) is 6.61 Å². The number of carbonyl (C=O) groups is 1. The fraction of sp³-hybridized carbons (Fsp3) is 0.429. The molecule has 1 aromatic carbocycles. The van der Waals surface area contributed by atoms with Gasteiger partial charge in [-0.15, -0.1) is 0 Å². The average Bonchev–Trinajstić information content (AvgIpc) is 2.96. The van der Waals surface area contributed by atoms with Crippen LogP contribution in [0.4, 0.5) is 0 Å². The van der Waals surface area contributed by atoms with E-state index in [1.165, 1.54) is 25.7 Å². The third-order valence-electron chi connectivity index (χ3n) is 5.02. The molecule has 28 heavy (non-hydrogen) atoms. The van der Waals surface area contributed by atoms with Gasteiger partial charge in [-0.1, -0.05) is 61.2 Å². The minimum absolute atomic E-state index is 0.0958. The number of hydrogen-bond donors (Lipinski definition) is 1. The lowest BCUT2D eigenvalue weighted by atomic mass is 10.1. The number of hydrogen-bond acceptors (Lipinski definition) is 6. The number of aryl methyl sites for hydroxylation is 1. The van der Waals surface area contributed by atoms with Gasteiger partial charge in [-0.05, 0) is 19.8 Å². The predicted octanol–water partition coefficient (Wildman–Crippen LogP) is 3.81. The van der Waals surface area contributed by atoms with Gasteiger partial charge in [-0.2, -0.15) is 9.97 Å². The fourth-order valence-corrected chi connectivity index (χ4v) is 3.65. The topological polar surface area (TPSA) is 90.1 Å². The summed E-state index contributed by atoms with van der Waals surface area (Å²) in [5.41, 5.74) is 1.83. The number of rotatable bonds is 5. The standard InChI is InChI=1S/C21H24N4O3/c1-14-22-20(27-13-17(26)24-16-11-7-2-3-8-12-16)18-19(25-28-21(18)23-14)15-9-5-4-6-10-15/h4-6,9-10,16H,2-3,7-8,11-13H2,1H3,(H,24,26). The first-order valence-corrected chi connectivity index (χ1v) is 9.82. The highest BCUT2D eigenvalue weighted by Gasteiger charge is 2.20. The van der Waals surface area contributed by atoms with E-state index in [0.717, 1.165) is 18.4 Å². The van der Waals surface area contributed by atoms with Crippen molar-refractivity contribution in [1.29, 1.82) is 0 Å². The van der Waals surface area contributed by atoms with Gasteiger partial charge < -0.3 is 14.6 Å². The molecule has 0 spiro atoms. The van der Waals surface area contributed by atoms with Crippen LogP contribution in [0.15, 0.2) is 34.9 Å². The summed E-state index contributed by atoms with van der Waals surface area (Å²) in [5, 5.41) is 7.81. The van der Waals surface area contributed by atoms with Gasteiger partial charge in [0, 0.05) is 11.6 Å². The van der Waals surface area contributed by atoms with Gasteiger partial charge in [-0.25, -0.2) is 0 Å². The summed E-state index contributed by atoms with van der Waals surface area (Å²) >= 11 is 0. The molecule has 0 bridgehead atoms. The van der Waals surface area contributed by atoms with Crippen molar-refractivity contribution in [3.05, 3.63) is 36.2 Å². The van der Waals surface area contributed by atoms with Crippen LogP contribution < -0.4 is 10.1 Å². The molecule has 2 heterocycles. The highest BCUT2D eigenvalue weighted by Crippen LogP contribution is 2.32. The first-order chi connectivity index (χ1) is 13.7. The van der Waals surface area contributed by atoms with Crippen molar-refractivity contribution >= 4 is 17.0 Å². The zero-order chi connectivity index (χ0) is 19.3. The summed E-state index contributed by atoms with van der Waals surface area (Å²) in [6, 6.07) is 9.87. The molecule has 0 saturated heterocycles. The summed E-state index contributed by atoms with van der Waals surface area (Å²) in [7, 11) is 0. The van der Waals surface area contributed by atoms with Crippen LogP contribution >= 0.6 is 0 Å². The van der Waals surface area contributed by atoms with Crippen LogP contribution in [0, 0.1) is 6.92 Å². The van der Waals surface area contributed by atoms with Crippen molar-refractivity contribution in [3.63, 3.8) is 0 Å². The van der Waals surface area contributed by atoms with E-state index in [1.807, 2.05) is 30.3 Å². The first-order valence-electron chi connectivity index (χ1n) is 9.82. The maximum atomic E-state index is 12.4. The number of aromatic nitrogens is 3. The number of carbonyl (C=O) groups excluding carboxylic acids is 1. The molecule has 1 fully saturated rings. The quantitative estimate of drug-likeness (QED) is 0.677. The summed E-state index contributed by atoms with van der Waals surface area (Å²) in [6.45, 7) is 1.66. The highest BCUT2D eigenvalue weighted by atomic mass is 16.5. The first kappa shape index (κ1) is 18.4. The SMILES string of the molecule is Cc1nc(OCC(=O)NC2CCCCCC2)c2c(-c3ccccc3)noc2n1. The summed E-state index contributed by atoms with van der Waals surface area (Å²) in [4.78, 5) is 21.1. The molecule has 4 rings (SSSR count). The maximum absolute atomic E-state index is 12.4. The van der Waals surface area contributed by atoms with Gasteiger partial charge in [0.1, 0.15) is 16.9 Å². The Labute approximate surface area is 163 Å². The molecule has 7 nitrogen and oxygen atoms in total. The molecule has 7 heteroatoms. The van der Waals surface area contributed by atoms with Gasteiger partial charge in [0.15, 0.2) is 6.61 Å². The molecule has 0 unspecified atom stereocenters. The summed E-state index contributed by atoms with van der Waals surface area (Å²) in [5.74, 6) is 0.690. The fourth-order valence-electron chi connectivity index (χ4n) is 3.65. The lowest BCUT2D eigenvalue weighted by Crippen LogP contribution is -2.37. The molecule has 146 valence electrons. The monoisotopic (exact) mass is 380 g/mol. The lowest BCUT2D eigenvalue weighted by molar-refractivity contribution is -0.123. The molecule has 1 N–H and O–H groups in total. The highest BCUT2D eigenvalue weighted by molar-refractivity contribution is 5.93. The Morgan fingerprint density at radius 3 is 2.64 bits per heavy atom. The molecule has 1 saturated carbocycles. The van der Waals surface area contributed by atoms with E-state index in [2.05, 4.69) is 20.4 Å². The minimum Gasteiger partial charge on any atom is -0.467 e. The molecule has 0 radical (unpaired) electrons. The van der Waals surface area contributed by atoms with E-state index in [9.17, 15) is 4.79 Å². The number of nitrogens with one attached hydrogen (secondary N) is 1. The summed E-state index contributed by atoms with van der Waals surface area (Å²) in [6.07, 6.45) is 6.89. The Bertz CT molecular complexity index is 947. The van der Waals surface area contributed by atoms with Crippen LogP contribution in [0.25, 0.3) is 22.4 Å². The minimum atomic E-state index is -0.131. The second kappa shape index (κ2) is 8.37. The van der Waals surface area contributed by atoms with Crippen LogP contribution in [0.1, 0.15) is 44.3 Å². The van der Waals surface area contributed by atoms with E-state index < -0.39 is 0 Å². The molecule has 0 atom stereocenters.